The van der Waals surface area contributed by atoms with Crippen LogP contribution in [0.5, 0.6) is 0 Å². The van der Waals surface area contributed by atoms with Gasteiger partial charge in [-0.3, -0.25) is 4.79 Å². The lowest BCUT2D eigenvalue weighted by Crippen LogP contribution is -2.24. The predicted octanol–water partition coefficient (Wildman–Crippen LogP) is 1.03. The van der Waals surface area contributed by atoms with Crippen molar-refractivity contribution in [2.24, 2.45) is 11.7 Å². The van der Waals surface area contributed by atoms with Gasteiger partial charge < -0.3 is 10.6 Å². The highest BCUT2D eigenvalue weighted by molar-refractivity contribution is 5.77. The lowest BCUT2D eigenvalue weighted by atomic mass is 10.1. The Morgan fingerprint density at radius 3 is 2.93 bits per heavy atom. The summed E-state index contributed by atoms with van der Waals surface area (Å²) in [5.74, 6) is 1.08. The van der Waals surface area contributed by atoms with E-state index in [4.69, 9.17) is 5.73 Å². The van der Waals surface area contributed by atoms with Gasteiger partial charge in [0.2, 0.25) is 0 Å². The summed E-state index contributed by atoms with van der Waals surface area (Å²) in [6.45, 7) is 6.12. The standard InChI is InChI=1S/C11H22N2O/c1-2-11(14)4-3-6-13-7-5-10(8-12)9-13/h10H,2-9,12H2,1H3. The van der Waals surface area contributed by atoms with E-state index >= 15 is 0 Å². The van der Waals surface area contributed by atoms with E-state index in [1.54, 1.807) is 0 Å². The molecule has 0 amide bonds. The average molecular weight is 198 g/mol. The number of rotatable bonds is 6. The van der Waals surface area contributed by atoms with Crippen molar-refractivity contribution < 1.29 is 4.79 Å². The molecule has 1 unspecified atom stereocenters. The first-order valence-corrected chi connectivity index (χ1v) is 5.70. The smallest absolute Gasteiger partial charge is 0.132 e. The lowest BCUT2D eigenvalue weighted by Gasteiger charge is -2.14. The summed E-state index contributed by atoms with van der Waals surface area (Å²) in [4.78, 5) is 13.5. The van der Waals surface area contributed by atoms with E-state index in [1.807, 2.05) is 6.92 Å². The SMILES string of the molecule is CCC(=O)CCCN1CCC(CN)C1. The molecule has 1 heterocycles. The molecule has 1 aliphatic rings. The van der Waals surface area contributed by atoms with E-state index in [2.05, 4.69) is 4.90 Å². The van der Waals surface area contributed by atoms with Gasteiger partial charge in [-0.2, -0.15) is 0 Å². The van der Waals surface area contributed by atoms with Gasteiger partial charge in [-0.05, 0) is 38.4 Å². The third-order valence-corrected chi connectivity index (χ3v) is 3.03. The van der Waals surface area contributed by atoms with Crippen LogP contribution in [0.25, 0.3) is 0 Å². The highest BCUT2D eigenvalue weighted by atomic mass is 16.1. The minimum Gasteiger partial charge on any atom is -0.330 e. The molecule has 3 heteroatoms. The Balaban J connectivity index is 2.05. The van der Waals surface area contributed by atoms with Crippen molar-refractivity contribution in [1.82, 2.24) is 4.90 Å². The molecule has 1 fully saturated rings. The maximum Gasteiger partial charge on any atom is 0.132 e. The van der Waals surface area contributed by atoms with Crippen LogP contribution in [0.15, 0.2) is 0 Å². The summed E-state index contributed by atoms with van der Waals surface area (Å²) in [6.07, 6.45) is 3.69. The maximum atomic E-state index is 11.1. The predicted molar refractivity (Wildman–Crippen MR) is 58.1 cm³/mol. The van der Waals surface area contributed by atoms with Gasteiger partial charge in [0.1, 0.15) is 5.78 Å². The van der Waals surface area contributed by atoms with Crippen LogP contribution in [0.1, 0.15) is 32.6 Å². The molecule has 0 aromatic rings. The van der Waals surface area contributed by atoms with Crippen LogP contribution < -0.4 is 5.73 Å². The molecule has 0 spiro atoms. The number of carbonyl (C=O) groups is 1. The number of hydrogen-bond donors (Lipinski definition) is 1. The summed E-state index contributed by atoms with van der Waals surface area (Å²) in [7, 11) is 0. The summed E-state index contributed by atoms with van der Waals surface area (Å²) < 4.78 is 0. The van der Waals surface area contributed by atoms with Crippen molar-refractivity contribution >= 4 is 5.78 Å². The highest BCUT2D eigenvalue weighted by Gasteiger charge is 2.20. The zero-order valence-corrected chi connectivity index (χ0v) is 9.17. The van der Waals surface area contributed by atoms with Crippen molar-refractivity contribution in [1.29, 1.82) is 0 Å². The zero-order chi connectivity index (χ0) is 10.4. The first kappa shape index (κ1) is 11.7. The zero-order valence-electron chi connectivity index (χ0n) is 9.17. The van der Waals surface area contributed by atoms with Gasteiger partial charge in [-0.1, -0.05) is 6.92 Å². The lowest BCUT2D eigenvalue weighted by molar-refractivity contribution is -0.118. The quantitative estimate of drug-likeness (QED) is 0.693. The molecule has 0 aromatic heterocycles. The number of carbonyl (C=O) groups excluding carboxylic acids is 1. The summed E-state index contributed by atoms with van der Waals surface area (Å²) in [5, 5.41) is 0. The Hall–Kier alpha value is -0.410. The van der Waals surface area contributed by atoms with E-state index in [-0.39, 0.29) is 0 Å². The molecule has 1 aliphatic heterocycles. The molecule has 1 atom stereocenters. The van der Waals surface area contributed by atoms with Crippen molar-refractivity contribution in [2.75, 3.05) is 26.2 Å². The van der Waals surface area contributed by atoms with Crippen LogP contribution in [0.3, 0.4) is 0 Å². The number of likely N-dealkylation sites (tertiary alicyclic amines) is 1. The van der Waals surface area contributed by atoms with Gasteiger partial charge in [-0.25, -0.2) is 0 Å². The van der Waals surface area contributed by atoms with E-state index in [0.717, 1.165) is 32.5 Å². The molecule has 3 nitrogen and oxygen atoms in total. The Labute approximate surface area is 86.6 Å². The van der Waals surface area contributed by atoms with Crippen LogP contribution >= 0.6 is 0 Å². The summed E-state index contributed by atoms with van der Waals surface area (Å²) in [5.41, 5.74) is 5.61. The number of nitrogens with zero attached hydrogens (tertiary/aromatic N) is 1. The van der Waals surface area contributed by atoms with Crippen LogP contribution in [0, 0.1) is 5.92 Å². The van der Waals surface area contributed by atoms with Crippen molar-refractivity contribution in [2.45, 2.75) is 32.6 Å². The minimum atomic E-state index is 0.388. The van der Waals surface area contributed by atoms with Crippen LogP contribution in [0.4, 0.5) is 0 Å². The highest BCUT2D eigenvalue weighted by Crippen LogP contribution is 2.15. The Morgan fingerprint density at radius 2 is 2.36 bits per heavy atom. The Bertz CT molecular complexity index is 182. The fourth-order valence-corrected chi connectivity index (χ4v) is 1.98. The molecule has 0 bridgehead atoms. The number of hydrogen-bond acceptors (Lipinski definition) is 3. The van der Waals surface area contributed by atoms with Crippen molar-refractivity contribution in [3.05, 3.63) is 0 Å². The number of nitrogens with two attached hydrogens (primary N) is 1. The molecule has 2 N–H and O–H groups in total. The van der Waals surface area contributed by atoms with Gasteiger partial charge in [0.05, 0.1) is 0 Å². The molecule has 0 radical (unpaired) electrons. The molecular weight excluding hydrogens is 176 g/mol. The van der Waals surface area contributed by atoms with Crippen LogP contribution in [0.2, 0.25) is 0 Å². The molecular formula is C11H22N2O. The third-order valence-electron chi connectivity index (χ3n) is 3.03. The second-order valence-corrected chi connectivity index (χ2v) is 4.19. The van der Waals surface area contributed by atoms with Crippen LogP contribution in [-0.4, -0.2) is 36.9 Å². The largest absolute Gasteiger partial charge is 0.330 e. The molecule has 0 aliphatic carbocycles. The van der Waals surface area contributed by atoms with Gasteiger partial charge in [-0.15, -0.1) is 0 Å². The van der Waals surface area contributed by atoms with Gasteiger partial charge in [0, 0.05) is 19.4 Å². The van der Waals surface area contributed by atoms with E-state index in [1.165, 1.54) is 13.0 Å². The second kappa shape index (κ2) is 6.14. The minimum absolute atomic E-state index is 0.388. The fraction of sp³-hybridized carbons (Fsp3) is 0.909. The van der Waals surface area contributed by atoms with Crippen molar-refractivity contribution in [3.63, 3.8) is 0 Å². The van der Waals surface area contributed by atoms with Crippen LogP contribution in [-0.2, 0) is 4.79 Å². The first-order valence-electron chi connectivity index (χ1n) is 5.70. The Morgan fingerprint density at radius 1 is 1.57 bits per heavy atom. The van der Waals surface area contributed by atoms with E-state index in [0.29, 0.717) is 18.1 Å². The van der Waals surface area contributed by atoms with Gasteiger partial charge in [0.25, 0.3) is 0 Å². The van der Waals surface area contributed by atoms with Gasteiger partial charge >= 0.3 is 0 Å². The van der Waals surface area contributed by atoms with E-state index in [9.17, 15) is 4.79 Å². The van der Waals surface area contributed by atoms with Gasteiger partial charge in [0.15, 0.2) is 0 Å². The third kappa shape index (κ3) is 3.76. The monoisotopic (exact) mass is 198 g/mol. The topological polar surface area (TPSA) is 46.3 Å². The van der Waals surface area contributed by atoms with E-state index < -0.39 is 0 Å². The fourth-order valence-electron chi connectivity index (χ4n) is 1.98. The normalized spacial score (nSPS) is 22.9. The molecule has 1 rings (SSSR count). The molecule has 82 valence electrons. The summed E-state index contributed by atoms with van der Waals surface area (Å²) in [6, 6.07) is 0. The number of ketones is 1. The number of Topliss-reactive ketones (excluding diaryl/α,β-unsaturated/α-hetero) is 1. The second-order valence-electron chi connectivity index (χ2n) is 4.19. The maximum absolute atomic E-state index is 11.1. The average Bonchev–Trinajstić information content (AvgIpc) is 2.65. The first-order chi connectivity index (χ1) is 6.76. The Kier molecular flexibility index (Phi) is 5.12. The summed E-state index contributed by atoms with van der Waals surface area (Å²) >= 11 is 0. The molecule has 14 heavy (non-hydrogen) atoms. The molecule has 0 aromatic carbocycles. The van der Waals surface area contributed by atoms with Crippen molar-refractivity contribution in [3.8, 4) is 0 Å². The molecule has 0 saturated carbocycles. The molecule has 1 saturated heterocycles.